The normalized spacial score (nSPS) is 10.5. The third-order valence-corrected chi connectivity index (χ3v) is 2.43. The maximum Gasteiger partial charge on any atom is 0.0624 e. The molecule has 0 unspecified atom stereocenters. The van der Waals surface area contributed by atoms with Crippen molar-refractivity contribution in [2.75, 3.05) is 13.1 Å². The number of aryl methyl sites for hydroxylation is 2. The van der Waals surface area contributed by atoms with Gasteiger partial charge in [0.15, 0.2) is 0 Å². The van der Waals surface area contributed by atoms with Crippen LogP contribution in [0.1, 0.15) is 25.2 Å². The predicted molar refractivity (Wildman–Crippen MR) is 64.0 cm³/mol. The zero-order chi connectivity index (χ0) is 11.1. The number of aromatic nitrogens is 2. The van der Waals surface area contributed by atoms with Crippen molar-refractivity contribution in [3.63, 3.8) is 0 Å². The molecule has 1 heterocycles. The van der Waals surface area contributed by atoms with E-state index in [-0.39, 0.29) is 0 Å². The van der Waals surface area contributed by atoms with Gasteiger partial charge in [0.25, 0.3) is 0 Å². The first-order valence-corrected chi connectivity index (χ1v) is 5.69. The third kappa shape index (κ3) is 3.51. The van der Waals surface area contributed by atoms with Crippen LogP contribution in [-0.2, 0) is 19.4 Å². The van der Waals surface area contributed by atoms with Gasteiger partial charge in [0, 0.05) is 18.8 Å². The molecule has 0 radical (unpaired) electrons. The minimum absolute atomic E-state index is 0.864. The smallest absolute Gasteiger partial charge is 0.0624 e. The minimum atomic E-state index is 0.864. The Bertz CT molecular complexity index is 302. The molecular formula is C12H21N3. The highest BCUT2D eigenvalue weighted by molar-refractivity contribution is 5.10. The summed E-state index contributed by atoms with van der Waals surface area (Å²) in [6.07, 6.45) is 3.94. The van der Waals surface area contributed by atoms with E-state index in [9.17, 15) is 0 Å². The zero-order valence-corrected chi connectivity index (χ0v) is 9.79. The average molecular weight is 207 g/mol. The van der Waals surface area contributed by atoms with E-state index in [2.05, 4.69) is 41.6 Å². The first-order valence-electron chi connectivity index (χ1n) is 5.69. The molecule has 1 aromatic rings. The van der Waals surface area contributed by atoms with E-state index in [1.807, 2.05) is 6.08 Å². The molecule has 1 aromatic heterocycles. The summed E-state index contributed by atoms with van der Waals surface area (Å²) < 4.78 is 2.11. The standard InChI is InChI=1S/C12H21N3/c1-4-7-13-8-9-15-12(6-3)10-11(5-2)14-15/h4,10,13H,1,5-9H2,2-3H3. The monoisotopic (exact) mass is 207 g/mol. The second-order valence-corrected chi connectivity index (χ2v) is 3.55. The van der Waals surface area contributed by atoms with E-state index in [1.165, 1.54) is 11.4 Å². The van der Waals surface area contributed by atoms with Gasteiger partial charge in [-0.15, -0.1) is 6.58 Å². The molecule has 0 aromatic carbocycles. The van der Waals surface area contributed by atoms with Gasteiger partial charge in [-0.05, 0) is 18.9 Å². The van der Waals surface area contributed by atoms with E-state index in [4.69, 9.17) is 0 Å². The Labute approximate surface area is 92.2 Å². The Morgan fingerprint density at radius 1 is 1.47 bits per heavy atom. The molecule has 0 atom stereocenters. The SMILES string of the molecule is C=CCNCCn1nc(CC)cc1CC. The molecule has 3 heteroatoms. The van der Waals surface area contributed by atoms with Crippen LogP contribution in [0, 0.1) is 0 Å². The summed E-state index contributed by atoms with van der Waals surface area (Å²) in [7, 11) is 0. The highest BCUT2D eigenvalue weighted by Gasteiger charge is 2.03. The van der Waals surface area contributed by atoms with Gasteiger partial charge >= 0.3 is 0 Å². The van der Waals surface area contributed by atoms with E-state index >= 15 is 0 Å². The molecule has 0 aliphatic heterocycles. The van der Waals surface area contributed by atoms with Gasteiger partial charge in [-0.2, -0.15) is 5.10 Å². The van der Waals surface area contributed by atoms with Crippen LogP contribution in [-0.4, -0.2) is 22.9 Å². The fourth-order valence-corrected chi connectivity index (χ4v) is 1.56. The summed E-state index contributed by atoms with van der Waals surface area (Å²) in [4.78, 5) is 0. The lowest BCUT2D eigenvalue weighted by Gasteiger charge is -2.05. The molecule has 84 valence electrons. The molecule has 0 aliphatic carbocycles. The number of rotatable bonds is 7. The predicted octanol–water partition coefficient (Wildman–Crippen LogP) is 1.78. The summed E-state index contributed by atoms with van der Waals surface area (Å²) in [6.45, 7) is 10.7. The fraction of sp³-hybridized carbons (Fsp3) is 0.583. The highest BCUT2D eigenvalue weighted by atomic mass is 15.3. The molecular weight excluding hydrogens is 186 g/mol. The van der Waals surface area contributed by atoms with Crippen molar-refractivity contribution in [2.24, 2.45) is 0 Å². The van der Waals surface area contributed by atoms with Crippen molar-refractivity contribution in [1.82, 2.24) is 15.1 Å². The maximum absolute atomic E-state index is 4.55. The number of nitrogens with zero attached hydrogens (tertiary/aromatic N) is 2. The molecule has 15 heavy (non-hydrogen) atoms. The van der Waals surface area contributed by atoms with Crippen LogP contribution in [0.5, 0.6) is 0 Å². The Hall–Kier alpha value is -1.09. The summed E-state index contributed by atoms with van der Waals surface area (Å²) in [5.41, 5.74) is 2.52. The van der Waals surface area contributed by atoms with Crippen LogP contribution in [0.25, 0.3) is 0 Å². The van der Waals surface area contributed by atoms with E-state index < -0.39 is 0 Å². The lowest BCUT2D eigenvalue weighted by atomic mass is 10.3. The van der Waals surface area contributed by atoms with E-state index in [0.717, 1.165) is 32.5 Å². The molecule has 0 saturated heterocycles. The van der Waals surface area contributed by atoms with Crippen LogP contribution >= 0.6 is 0 Å². The molecule has 0 spiro atoms. The van der Waals surface area contributed by atoms with E-state index in [1.54, 1.807) is 0 Å². The Morgan fingerprint density at radius 2 is 2.27 bits per heavy atom. The second kappa shape index (κ2) is 6.40. The van der Waals surface area contributed by atoms with E-state index in [0.29, 0.717) is 0 Å². The fourth-order valence-electron chi connectivity index (χ4n) is 1.56. The highest BCUT2D eigenvalue weighted by Crippen LogP contribution is 2.05. The van der Waals surface area contributed by atoms with Gasteiger partial charge in [0.1, 0.15) is 0 Å². The zero-order valence-electron chi connectivity index (χ0n) is 9.79. The lowest BCUT2D eigenvalue weighted by molar-refractivity contribution is 0.549. The van der Waals surface area contributed by atoms with Crippen LogP contribution in [0.2, 0.25) is 0 Å². The Balaban J connectivity index is 2.50. The van der Waals surface area contributed by atoms with Gasteiger partial charge in [-0.1, -0.05) is 19.9 Å². The van der Waals surface area contributed by atoms with Crippen molar-refractivity contribution < 1.29 is 0 Å². The van der Waals surface area contributed by atoms with Crippen molar-refractivity contribution in [1.29, 1.82) is 0 Å². The number of hydrogen-bond donors (Lipinski definition) is 1. The quantitative estimate of drug-likeness (QED) is 0.545. The summed E-state index contributed by atoms with van der Waals surface area (Å²) in [6, 6.07) is 2.20. The van der Waals surface area contributed by atoms with Crippen molar-refractivity contribution in [3.8, 4) is 0 Å². The van der Waals surface area contributed by atoms with Crippen molar-refractivity contribution in [3.05, 3.63) is 30.1 Å². The summed E-state index contributed by atoms with van der Waals surface area (Å²) in [5.74, 6) is 0. The molecule has 0 amide bonds. The minimum Gasteiger partial charge on any atom is -0.311 e. The molecule has 3 nitrogen and oxygen atoms in total. The van der Waals surface area contributed by atoms with Gasteiger partial charge in [-0.3, -0.25) is 4.68 Å². The topological polar surface area (TPSA) is 29.9 Å². The average Bonchev–Trinajstić information content (AvgIpc) is 2.67. The molecule has 0 saturated carbocycles. The molecule has 0 bridgehead atoms. The first kappa shape index (κ1) is 12.0. The molecule has 1 rings (SSSR count). The second-order valence-electron chi connectivity index (χ2n) is 3.55. The summed E-state index contributed by atoms with van der Waals surface area (Å²) in [5, 5.41) is 7.83. The molecule has 0 fully saturated rings. The van der Waals surface area contributed by atoms with Gasteiger partial charge in [0.05, 0.1) is 12.2 Å². The van der Waals surface area contributed by atoms with Crippen LogP contribution in [0.4, 0.5) is 0 Å². The van der Waals surface area contributed by atoms with Crippen molar-refractivity contribution >= 4 is 0 Å². The lowest BCUT2D eigenvalue weighted by Crippen LogP contribution is -2.21. The number of hydrogen-bond acceptors (Lipinski definition) is 2. The van der Waals surface area contributed by atoms with Crippen LogP contribution in [0.15, 0.2) is 18.7 Å². The Kier molecular flexibility index (Phi) is 5.12. The van der Waals surface area contributed by atoms with Crippen LogP contribution < -0.4 is 5.32 Å². The largest absolute Gasteiger partial charge is 0.311 e. The first-order chi connectivity index (χ1) is 7.31. The molecule has 0 aliphatic rings. The van der Waals surface area contributed by atoms with Crippen LogP contribution in [0.3, 0.4) is 0 Å². The van der Waals surface area contributed by atoms with Gasteiger partial charge < -0.3 is 5.32 Å². The third-order valence-electron chi connectivity index (χ3n) is 2.43. The van der Waals surface area contributed by atoms with Gasteiger partial charge in [0.2, 0.25) is 0 Å². The number of nitrogens with one attached hydrogen (secondary N) is 1. The molecule has 1 N–H and O–H groups in total. The van der Waals surface area contributed by atoms with Gasteiger partial charge in [-0.25, -0.2) is 0 Å². The Morgan fingerprint density at radius 3 is 2.87 bits per heavy atom. The maximum atomic E-state index is 4.55. The van der Waals surface area contributed by atoms with Crippen molar-refractivity contribution in [2.45, 2.75) is 33.2 Å². The summed E-state index contributed by atoms with van der Waals surface area (Å²) >= 11 is 0.